The van der Waals surface area contributed by atoms with E-state index in [0.29, 0.717) is 22.7 Å². The van der Waals surface area contributed by atoms with Crippen LogP contribution in [0.5, 0.6) is 0 Å². The van der Waals surface area contributed by atoms with Crippen molar-refractivity contribution in [2.24, 2.45) is 52.3 Å². The Hall–Kier alpha value is -1.05. The van der Waals surface area contributed by atoms with Gasteiger partial charge in [0.25, 0.3) is 0 Å². The minimum absolute atomic E-state index is 0.106. The Morgan fingerprint density at radius 1 is 1.03 bits per heavy atom. The first-order valence-electron chi connectivity index (χ1n) is 13.6. The zero-order valence-corrected chi connectivity index (χ0v) is 21.8. The topological polar surface area (TPSA) is 26.3 Å². The molecule has 0 N–H and O–H groups in total. The fourth-order valence-corrected chi connectivity index (χ4v) is 8.57. The van der Waals surface area contributed by atoms with Crippen molar-refractivity contribution in [1.29, 1.82) is 0 Å². The van der Waals surface area contributed by atoms with Gasteiger partial charge in [0.15, 0.2) is 0 Å². The summed E-state index contributed by atoms with van der Waals surface area (Å²) in [5.74, 6) is 5.35. The molecule has 3 fully saturated rings. The molecule has 4 aliphatic rings. The second-order valence-electron chi connectivity index (χ2n) is 12.8. The summed E-state index contributed by atoms with van der Waals surface area (Å²) < 4.78 is 5.62. The van der Waals surface area contributed by atoms with E-state index >= 15 is 0 Å². The summed E-state index contributed by atoms with van der Waals surface area (Å²) in [4.78, 5) is 11.5. The smallest absolute Gasteiger partial charge is 0.302 e. The Bertz CT molecular complexity index is 763. The number of rotatable bonds is 5. The van der Waals surface area contributed by atoms with Gasteiger partial charge >= 0.3 is 5.97 Å². The molecule has 2 nitrogen and oxygen atoms in total. The second-order valence-corrected chi connectivity index (χ2v) is 12.8. The third-order valence-electron chi connectivity index (χ3n) is 10.9. The normalized spacial score (nSPS) is 43.2. The van der Waals surface area contributed by atoms with Gasteiger partial charge in [-0.05, 0) is 97.2 Å². The van der Waals surface area contributed by atoms with E-state index in [-0.39, 0.29) is 12.1 Å². The maximum atomic E-state index is 11.5. The zero-order valence-electron chi connectivity index (χ0n) is 21.8. The monoisotopic (exact) mass is 440 g/mol. The number of ether oxygens (including phenoxy) is 1. The van der Waals surface area contributed by atoms with Gasteiger partial charge in [-0.1, -0.05) is 65.3 Å². The summed E-state index contributed by atoms with van der Waals surface area (Å²) in [6.07, 6.45) is 17.8. The molecule has 4 aliphatic carbocycles. The van der Waals surface area contributed by atoms with Gasteiger partial charge in [-0.25, -0.2) is 0 Å². The Morgan fingerprint density at radius 2 is 1.78 bits per heavy atom. The van der Waals surface area contributed by atoms with Crippen molar-refractivity contribution in [1.82, 2.24) is 0 Å². The summed E-state index contributed by atoms with van der Waals surface area (Å²) in [6, 6.07) is 0. The molecule has 0 amide bonds. The highest BCUT2D eigenvalue weighted by Gasteiger charge is 2.59. The van der Waals surface area contributed by atoms with Gasteiger partial charge in [-0.2, -0.15) is 0 Å². The Kier molecular flexibility index (Phi) is 6.74. The van der Waals surface area contributed by atoms with Gasteiger partial charge < -0.3 is 4.74 Å². The van der Waals surface area contributed by atoms with Gasteiger partial charge in [0.05, 0.1) is 0 Å². The highest BCUT2D eigenvalue weighted by molar-refractivity contribution is 5.66. The molecule has 0 unspecified atom stereocenters. The molecule has 0 aliphatic heterocycles. The number of allylic oxidation sites excluding steroid dienone is 3. The van der Waals surface area contributed by atoms with Crippen LogP contribution in [0.3, 0.4) is 0 Å². The van der Waals surface area contributed by atoms with E-state index in [1.54, 1.807) is 12.5 Å². The van der Waals surface area contributed by atoms with Gasteiger partial charge in [-0.15, -0.1) is 0 Å². The van der Waals surface area contributed by atoms with E-state index < -0.39 is 0 Å². The van der Waals surface area contributed by atoms with E-state index in [0.717, 1.165) is 42.4 Å². The molecule has 0 bridgehead atoms. The molecule has 0 spiro atoms. The Labute approximate surface area is 197 Å². The van der Waals surface area contributed by atoms with E-state index in [2.05, 4.69) is 59.8 Å². The van der Waals surface area contributed by atoms with Crippen LogP contribution in [-0.4, -0.2) is 12.1 Å². The number of esters is 1. The average molecular weight is 441 g/mol. The number of hydrogen-bond acceptors (Lipinski definition) is 2. The molecule has 0 aromatic rings. The minimum atomic E-state index is -0.121. The van der Waals surface area contributed by atoms with Crippen LogP contribution in [0.1, 0.15) is 99.8 Å². The molecular formula is C30H48O2. The molecule has 0 radical (unpaired) electrons. The predicted molar refractivity (Wildman–Crippen MR) is 133 cm³/mol. The molecule has 2 heteroatoms. The van der Waals surface area contributed by atoms with Gasteiger partial charge in [0.2, 0.25) is 0 Å². The molecule has 0 heterocycles. The summed E-state index contributed by atoms with van der Waals surface area (Å²) in [7, 11) is 0. The van der Waals surface area contributed by atoms with Crippen LogP contribution in [0.4, 0.5) is 0 Å². The zero-order chi connectivity index (χ0) is 23.3. The largest absolute Gasteiger partial charge is 0.462 e. The highest BCUT2D eigenvalue weighted by atomic mass is 16.5. The molecule has 0 aromatic carbocycles. The van der Waals surface area contributed by atoms with Crippen LogP contribution in [-0.2, 0) is 9.53 Å². The van der Waals surface area contributed by atoms with Crippen LogP contribution >= 0.6 is 0 Å². The third kappa shape index (κ3) is 4.14. The highest BCUT2D eigenvalue weighted by Crippen LogP contribution is 2.67. The summed E-state index contributed by atoms with van der Waals surface area (Å²) in [6.45, 7) is 16.3. The number of carbonyl (C=O) groups is 1. The van der Waals surface area contributed by atoms with Gasteiger partial charge in [0.1, 0.15) is 6.10 Å². The first kappa shape index (κ1) is 24.1. The SMILES string of the molecule is CC(=O)O[C@@H]1CC[C@]2(C)C(=CC[C@@H]3[C@@H]4CC[C@H]([C@H](C)/C=C/[C@H](C)C(C)C)[C@@]4(C)CC[C@@H]32)C1. The fourth-order valence-electron chi connectivity index (χ4n) is 8.57. The van der Waals surface area contributed by atoms with Crippen LogP contribution < -0.4 is 0 Å². The van der Waals surface area contributed by atoms with Crippen molar-refractivity contribution in [3.63, 3.8) is 0 Å². The molecule has 0 aromatic heterocycles. The molecule has 4 rings (SSSR count). The molecule has 180 valence electrons. The number of fused-ring (bicyclic) bond motifs is 5. The van der Waals surface area contributed by atoms with E-state index in [4.69, 9.17) is 4.74 Å². The van der Waals surface area contributed by atoms with Crippen molar-refractivity contribution in [3.8, 4) is 0 Å². The minimum Gasteiger partial charge on any atom is -0.462 e. The Balaban J connectivity index is 1.50. The molecule has 32 heavy (non-hydrogen) atoms. The van der Waals surface area contributed by atoms with Crippen LogP contribution in [0.15, 0.2) is 23.8 Å². The van der Waals surface area contributed by atoms with Crippen LogP contribution in [0.25, 0.3) is 0 Å². The van der Waals surface area contributed by atoms with E-state index in [9.17, 15) is 4.79 Å². The van der Waals surface area contributed by atoms with Crippen molar-refractivity contribution >= 4 is 5.97 Å². The lowest BCUT2D eigenvalue weighted by molar-refractivity contribution is -0.148. The van der Waals surface area contributed by atoms with E-state index in [1.165, 1.54) is 38.5 Å². The lowest BCUT2D eigenvalue weighted by atomic mass is 9.47. The first-order valence-corrected chi connectivity index (χ1v) is 13.6. The fraction of sp³-hybridized carbons (Fsp3) is 0.833. The van der Waals surface area contributed by atoms with Crippen molar-refractivity contribution in [3.05, 3.63) is 23.8 Å². The lowest BCUT2D eigenvalue weighted by Crippen LogP contribution is -2.51. The molecular weight excluding hydrogens is 392 g/mol. The maximum Gasteiger partial charge on any atom is 0.302 e. The average Bonchev–Trinajstić information content (AvgIpc) is 3.08. The van der Waals surface area contributed by atoms with Crippen molar-refractivity contribution in [2.75, 3.05) is 0 Å². The van der Waals surface area contributed by atoms with Crippen LogP contribution in [0.2, 0.25) is 0 Å². The van der Waals surface area contributed by atoms with Gasteiger partial charge in [0, 0.05) is 13.3 Å². The molecule has 3 saturated carbocycles. The second kappa shape index (κ2) is 8.95. The summed E-state index contributed by atoms with van der Waals surface area (Å²) in [5.41, 5.74) is 2.44. The Morgan fingerprint density at radius 3 is 2.47 bits per heavy atom. The quantitative estimate of drug-likeness (QED) is 0.320. The van der Waals surface area contributed by atoms with Crippen molar-refractivity contribution in [2.45, 2.75) is 106 Å². The van der Waals surface area contributed by atoms with Crippen molar-refractivity contribution < 1.29 is 9.53 Å². The lowest BCUT2D eigenvalue weighted by Gasteiger charge is -2.58. The standard InChI is InChI=1S/C30H48O2/c1-19(2)20(3)8-9-21(4)26-12-13-27-25-11-10-23-18-24(32-22(5)31)14-16-29(23,6)28(25)15-17-30(26,27)7/h8-10,19-21,24-28H,11-18H2,1-7H3/b9-8+/t20-,21+,24+,25+,26+,27-,28-,29+,30+/m0/s1. The van der Waals surface area contributed by atoms with Crippen LogP contribution in [0, 0.1) is 52.3 Å². The maximum absolute atomic E-state index is 11.5. The molecule has 9 atom stereocenters. The molecule has 0 saturated heterocycles. The van der Waals surface area contributed by atoms with Gasteiger partial charge in [-0.3, -0.25) is 4.79 Å². The number of hydrogen-bond donors (Lipinski definition) is 0. The number of carbonyl (C=O) groups excluding carboxylic acids is 1. The third-order valence-corrected chi connectivity index (χ3v) is 10.9. The van der Waals surface area contributed by atoms with E-state index in [1.807, 2.05) is 0 Å². The predicted octanol–water partition coefficient (Wildman–Crippen LogP) is 7.98. The summed E-state index contributed by atoms with van der Waals surface area (Å²) >= 11 is 0. The first-order chi connectivity index (χ1) is 15.1. The summed E-state index contributed by atoms with van der Waals surface area (Å²) in [5, 5.41) is 0.